The van der Waals surface area contributed by atoms with Gasteiger partial charge in [0.05, 0.1) is 5.69 Å². The molecule has 0 saturated carbocycles. The summed E-state index contributed by atoms with van der Waals surface area (Å²) in [7, 11) is 0. The molecule has 1 aliphatic rings. The van der Waals surface area contributed by atoms with Gasteiger partial charge in [0.2, 0.25) is 0 Å². The lowest BCUT2D eigenvalue weighted by atomic mass is 9.98. The molecule has 2 aromatic rings. The minimum absolute atomic E-state index is 0.743. The molecule has 4 heteroatoms. The molecule has 0 fully saturated rings. The van der Waals surface area contributed by atoms with Gasteiger partial charge in [0.25, 0.3) is 0 Å². The van der Waals surface area contributed by atoms with Gasteiger partial charge in [-0.05, 0) is 46.8 Å². The summed E-state index contributed by atoms with van der Waals surface area (Å²) < 4.78 is 3.27. The van der Waals surface area contributed by atoms with Crippen molar-refractivity contribution in [2.24, 2.45) is 5.92 Å². The monoisotopic (exact) mass is 291 g/mol. The van der Waals surface area contributed by atoms with Gasteiger partial charge in [-0.25, -0.2) is 4.98 Å². The summed E-state index contributed by atoms with van der Waals surface area (Å²) in [6.45, 7) is 3.34. The maximum atomic E-state index is 4.61. The van der Waals surface area contributed by atoms with Crippen LogP contribution >= 0.6 is 15.9 Å². The minimum Gasteiger partial charge on any atom is -0.326 e. The van der Waals surface area contributed by atoms with Crippen LogP contribution in [-0.2, 0) is 13.0 Å². The molecule has 0 spiro atoms. The number of pyridine rings is 1. The fourth-order valence-electron chi connectivity index (χ4n) is 2.36. The molecule has 3 heterocycles. The lowest BCUT2D eigenvalue weighted by Crippen LogP contribution is -2.17. The van der Waals surface area contributed by atoms with E-state index in [1.165, 1.54) is 12.1 Å². The quantitative estimate of drug-likeness (QED) is 0.807. The zero-order valence-corrected chi connectivity index (χ0v) is 11.3. The second-order valence-electron chi connectivity index (χ2n) is 4.64. The normalized spacial score (nSPS) is 19.1. The number of hydrogen-bond donors (Lipinski definition) is 0. The number of fused-ring (bicyclic) bond motifs is 1. The number of imidazole rings is 1. The molecule has 0 amide bonds. The Kier molecular flexibility index (Phi) is 2.74. The third-order valence-corrected chi connectivity index (χ3v) is 3.94. The van der Waals surface area contributed by atoms with E-state index < -0.39 is 0 Å². The summed E-state index contributed by atoms with van der Waals surface area (Å²) in [6.07, 6.45) is 4.13. The van der Waals surface area contributed by atoms with Crippen molar-refractivity contribution in [1.29, 1.82) is 0 Å². The number of hydrogen-bond acceptors (Lipinski definition) is 2. The second kappa shape index (κ2) is 4.26. The Hall–Kier alpha value is -1.16. The van der Waals surface area contributed by atoms with E-state index in [1.807, 2.05) is 24.4 Å². The smallest absolute Gasteiger partial charge is 0.160 e. The molecule has 0 aliphatic carbocycles. The maximum Gasteiger partial charge on any atom is 0.160 e. The van der Waals surface area contributed by atoms with E-state index in [9.17, 15) is 0 Å². The first-order valence-corrected chi connectivity index (χ1v) is 6.71. The molecule has 17 heavy (non-hydrogen) atoms. The van der Waals surface area contributed by atoms with Crippen LogP contribution in [0, 0.1) is 5.92 Å². The average Bonchev–Trinajstić information content (AvgIpc) is 2.68. The predicted octanol–water partition coefficient (Wildman–Crippen LogP) is 3.29. The van der Waals surface area contributed by atoms with Gasteiger partial charge in [-0.15, -0.1) is 0 Å². The van der Waals surface area contributed by atoms with Crippen LogP contribution in [-0.4, -0.2) is 14.5 Å². The molecule has 88 valence electrons. The van der Waals surface area contributed by atoms with Crippen molar-refractivity contribution < 1.29 is 0 Å². The molecule has 1 atom stereocenters. The molecule has 0 radical (unpaired) electrons. The predicted molar refractivity (Wildman–Crippen MR) is 70.6 cm³/mol. The number of halogens is 1. The zero-order valence-electron chi connectivity index (χ0n) is 9.73. The minimum atomic E-state index is 0.743. The first kappa shape index (κ1) is 11.0. The van der Waals surface area contributed by atoms with Crippen LogP contribution in [0.15, 0.2) is 29.0 Å². The van der Waals surface area contributed by atoms with Gasteiger partial charge in [-0.3, -0.25) is 4.98 Å². The SMILES string of the molecule is CC1CCn2c(-c3ccccn3)nc(Br)c2C1. The Balaban J connectivity index is 2.11. The van der Waals surface area contributed by atoms with E-state index in [0.717, 1.165) is 35.0 Å². The van der Waals surface area contributed by atoms with Gasteiger partial charge in [0.15, 0.2) is 5.82 Å². The average molecular weight is 292 g/mol. The molecule has 0 bridgehead atoms. The van der Waals surface area contributed by atoms with Crippen LogP contribution in [0.2, 0.25) is 0 Å². The van der Waals surface area contributed by atoms with Gasteiger partial charge in [0.1, 0.15) is 10.3 Å². The van der Waals surface area contributed by atoms with Crippen LogP contribution < -0.4 is 0 Å². The third kappa shape index (κ3) is 1.90. The van der Waals surface area contributed by atoms with Gasteiger partial charge < -0.3 is 4.57 Å². The summed E-state index contributed by atoms with van der Waals surface area (Å²) in [5, 5.41) is 0. The van der Waals surface area contributed by atoms with Crippen LogP contribution in [0.5, 0.6) is 0 Å². The summed E-state index contributed by atoms with van der Waals surface area (Å²) >= 11 is 3.57. The molecular weight excluding hydrogens is 278 g/mol. The number of aromatic nitrogens is 3. The first-order chi connectivity index (χ1) is 8.25. The van der Waals surface area contributed by atoms with Crippen molar-refractivity contribution in [2.75, 3.05) is 0 Å². The van der Waals surface area contributed by atoms with Crippen molar-refractivity contribution in [2.45, 2.75) is 26.3 Å². The Morgan fingerprint density at radius 2 is 2.29 bits per heavy atom. The van der Waals surface area contributed by atoms with E-state index in [2.05, 4.69) is 37.4 Å². The molecule has 0 aromatic carbocycles. The molecule has 3 rings (SSSR count). The van der Waals surface area contributed by atoms with Gasteiger partial charge in [-0.2, -0.15) is 0 Å². The van der Waals surface area contributed by atoms with Crippen molar-refractivity contribution in [1.82, 2.24) is 14.5 Å². The summed E-state index contributed by atoms with van der Waals surface area (Å²) in [5.41, 5.74) is 2.26. The van der Waals surface area contributed by atoms with E-state index in [4.69, 9.17) is 0 Å². The zero-order chi connectivity index (χ0) is 11.8. The molecule has 0 N–H and O–H groups in total. The highest BCUT2D eigenvalue weighted by Crippen LogP contribution is 2.31. The highest BCUT2D eigenvalue weighted by molar-refractivity contribution is 9.10. The van der Waals surface area contributed by atoms with Gasteiger partial charge in [-0.1, -0.05) is 13.0 Å². The summed E-state index contributed by atoms with van der Waals surface area (Å²) in [5.74, 6) is 1.73. The Morgan fingerprint density at radius 3 is 3.06 bits per heavy atom. The van der Waals surface area contributed by atoms with Gasteiger partial charge in [0, 0.05) is 12.7 Å². The lowest BCUT2D eigenvalue weighted by Gasteiger charge is -2.21. The van der Waals surface area contributed by atoms with Crippen LogP contribution in [0.3, 0.4) is 0 Å². The molecule has 1 unspecified atom stereocenters. The molecular formula is C13H14BrN3. The largest absolute Gasteiger partial charge is 0.326 e. The van der Waals surface area contributed by atoms with Crippen LogP contribution in [0.25, 0.3) is 11.5 Å². The van der Waals surface area contributed by atoms with Crippen molar-refractivity contribution >= 4 is 15.9 Å². The number of nitrogens with zero attached hydrogens (tertiary/aromatic N) is 3. The number of rotatable bonds is 1. The van der Waals surface area contributed by atoms with Crippen molar-refractivity contribution in [3.63, 3.8) is 0 Å². The molecule has 3 nitrogen and oxygen atoms in total. The highest BCUT2D eigenvalue weighted by Gasteiger charge is 2.23. The Labute approximate surface area is 109 Å². The highest BCUT2D eigenvalue weighted by atomic mass is 79.9. The van der Waals surface area contributed by atoms with E-state index in [0.29, 0.717) is 0 Å². The summed E-state index contributed by atoms with van der Waals surface area (Å²) in [4.78, 5) is 9.00. The fraction of sp³-hybridized carbons (Fsp3) is 0.385. The summed E-state index contributed by atoms with van der Waals surface area (Å²) in [6, 6.07) is 5.95. The lowest BCUT2D eigenvalue weighted by molar-refractivity contribution is 0.418. The van der Waals surface area contributed by atoms with Gasteiger partial charge >= 0.3 is 0 Å². The molecule has 1 aliphatic heterocycles. The Bertz CT molecular complexity index is 533. The standard InChI is InChI=1S/C13H14BrN3/c1-9-5-7-17-11(8-9)12(14)16-13(17)10-4-2-3-6-15-10/h2-4,6,9H,5,7-8H2,1H3. The van der Waals surface area contributed by atoms with Crippen LogP contribution in [0.1, 0.15) is 19.0 Å². The second-order valence-corrected chi connectivity index (χ2v) is 5.39. The van der Waals surface area contributed by atoms with Crippen LogP contribution in [0.4, 0.5) is 0 Å². The van der Waals surface area contributed by atoms with E-state index in [-0.39, 0.29) is 0 Å². The first-order valence-electron chi connectivity index (χ1n) is 5.92. The van der Waals surface area contributed by atoms with Crippen molar-refractivity contribution in [3.8, 4) is 11.5 Å². The molecule has 0 saturated heterocycles. The molecule has 2 aromatic heterocycles. The fourth-order valence-corrected chi connectivity index (χ4v) is 2.91. The Morgan fingerprint density at radius 1 is 1.41 bits per heavy atom. The van der Waals surface area contributed by atoms with E-state index in [1.54, 1.807) is 0 Å². The maximum absolute atomic E-state index is 4.61. The van der Waals surface area contributed by atoms with E-state index >= 15 is 0 Å². The van der Waals surface area contributed by atoms with Crippen molar-refractivity contribution in [3.05, 3.63) is 34.7 Å². The third-order valence-electron chi connectivity index (χ3n) is 3.30. The topological polar surface area (TPSA) is 30.7 Å².